The highest BCUT2D eigenvalue weighted by Gasteiger charge is 2.51. The van der Waals surface area contributed by atoms with Crippen molar-refractivity contribution in [2.24, 2.45) is 0 Å². The molecule has 0 amide bonds. The van der Waals surface area contributed by atoms with Crippen molar-refractivity contribution in [3.63, 3.8) is 0 Å². The first-order chi connectivity index (χ1) is 15.4. The maximum absolute atomic E-state index is 12.2. The first-order valence-electron chi connectivity index (χ1n) is 10.5. The maximum atomic E-state index is 12.2. The number of benzene rings is 2. The molecular weight excluding hydrogens is 543 g/mol. The largest absolute Gasteiger partial charge is 0.494 e. The number of sulfonamides is 2. The van der Waals surface area contributed by atoms with Gasteiger partial charge in [-0.15, -0.1) is 0 Å². The highest BCUT2D eigenvalue weighted by atomic mass is 79.9. The predicted molar refractivity (Wildman–Crippen MR) is 138 cm³/mol. The highest BCUT2D eigenvalue weighted by Crippen LogP contribution is 2.36. The highest BCUT2D eigenvalue weighted by molar-refractivity contribution is 9.10. The van der Waals surface area contributed by atoms with Crippen LogP contribution in [0.15, 0.2) is 62.8 Å². The zero-order valence-electron chi connectivity index (χ0n) is 20.7. The molecule has 1 heterocycles. The van der Waals surface area contributed by atoms with Crippen molar-refractivity contribution in [3.05, 3.63) is 53.0 Å². The fraction of sp³-hybridized carbons (Fsp3) is 0.455. The van der Waals surface area contributed by atoms with Crippen LogP contribution in [0.1, 0.15) is 27.7 Å². The molecule has 0 N–H and O–H groups in total. The number of nitrogens with zero attached hydrogens (tertiary/aromatic N) is 2. The molecule has 188 valence electrons. The summed E-state index contributed by atoms with van der Waals surface area (Å²) in [5.41, 5.74) is -0.195. The first kappa shape index (κ1) is 29.0. The van der Waals surface area contributed by atoms with E-state index in [0.717, 1.165) is 4.47 Å². The molecule has 0 saturated carbocycles. The minimum atomic E-state index is -3.46. The molecule has 3 rings (SSSR count). The molecule has 1 fully saturated rings. The van der Waals surface area contributed by atoms with Crippen LogP contribution in [0.25, 0.3) is 0 Å². The molecule has 1 aliphatic rings. The molecule has 0 aromatic heterocycles. The van der Waals surface area contributed by atoms with E-state index in [4.69, 9.17) is 9.31 Å². The second-order valence-electron chi connectivity index (χ2n) is 9.19. The Balaban J connectivity index is 0.000000270. The van der Waals surface area contributed by atoms with E-state index in [2.05, 4.69) is 15.9 Å². The number of rotatable bonds is 5. The van der Waals surface area contributed by atoms with Crippen LogP contribution in [-0.2, 0) is 29.4 Å². The third kappa shape index (κ3) is 6.28. The van der Waals surface area contributed by atoms with Crippen molar-refractivity contribution < 1.29 is 26.1 Å². The Morgan fingerprint density at radius 3 is 1.56 bits per heavy atom. The van der Waals surface area contributed by atoms with E-state index in [1.165, 1.54) is 36.8 Å². The third-order valence-corrected chi connectivity index (χ3v) is 9.85. The van der Waals surface area contributed by atoms with Crippen molar-refractivity contribution in [1.82, 2.24) is 8.61 Å². The van der Waals surface area contributed by atoms with E-state index < -0.39 is 38.4 Å². The molecule has 0 spiro atoms. The molecule has 12 heteroatoms. The topological polar surface area (TPSA) is 93.2 Å². The summed E-state index contributed by atoms with van der Waals surface area (Å²) in [5, 5.41) is 0. The Hall–Kier alpha value is -1.28. The van der Waals surface area contributed by atoms with Gasteiger partial charge in [0.15, 0.2) is 0 Å². The Morgan fingerprint density at radius 2 is 1.15 bits per heavy atom. The molecule has 2 aromatic rings. The summed E-state index contributed by atoms with van der Waals surface area (Å²) in [6, 6.07) is 13.3. The number of halogens is 1. The van der Waals surface area contributed by atoms with Crippen molar-refractivity contribution in [1.29, 1.82) is 0 Å². The zero-order valence-corrected chi connectivity index (χ0v) is 24.0. The predicted octanol–water partition coefficient (Wildman–Crippen LogP) is 2.94. The van der Waals surface area contributed by atoms with Gasteiger partial charge in [0.05, 0.1) is 21.0 Å². The minimum absolute atomic E-state index is 0.236. The van der Waals surface area contributed by atoms with Gasteiger partial charge in [-0.05, 0) is 63.5 Å². The number of hydrogen-bond donors (Lipinski definition) is 0. The van der Waals surface area contributed by atoms with Crippen molar-refractivity contribution in [2.45, 2.75) is 48.7 Å². The first-order valence-corrected chi connectivity index (χ1v) is 14.2. The van der Waals surface area contributed by atoms with Crippen molar-refractivity contribution in [2.75, 3.05) is 28.2 Å². The van der Waals surface area contributed by atoms with Crippen LogP contribution in [0.3, 0.4) is 0 Å². The van der Waals surface area contributed by atoms with Gasteiger partial charge in [-0.25, -0.2) is 25.4 Å². The fourth-order valence-electron chi connectivity index (χ4n) is 2.85. The van der Waals surface area contributed by atoms with Crippen molar-refractivity contribution in [3.8, 4) is 0 Å². The van der Waals surface area contributed by atoms with Gasteiger partial charge in [0.1, 0.15) is 0 Å². The molecule has 0 unspecified atom stereocenters. The van der Waals surface area contributed by atoms with Crippen LogP contribution >= 0.6 is 15.9 Å². The van der Waals surface area contributed by atoms with E-state index in [9.17, 15) is 16.8 Å². The van der Waals surface area contributed by atoms with Crippen LogP contribution in [0, 0.1) is 0 Å². The van der Waals surface area contributed by atoms with Crippen LogP contribution in [0.4, 0.5) is 0 Å². The molecule has 2 aromatic carbocycles. The number of hydrogen-bond acceptors (Lipinski definition) is 6. The van der Waals surface area contributed by atoms with Gasteiger partial charge in [0.25, 0.3) is 0 Å². The Bertz CT molecular complexity index is 1220. The molecule has 1 saturated heterocycles. The van der Waals surface area contributed by atoms with E-state index in [-0.39, 0.29) is 4.90 Å². The summed E-state index contributed by atoms with van der Waals surface area (Å²) >= 11 is 3.22. The zero-order chi connectivity index (χ0) is 26.1. The minimum Gasteiger partial charge on any atom is -0.399 e. The summed E-state index contributed by atoms with van der Waals surface area (Å²) in [5.74, 6) is 0. The van der Waals surface area contributed by atoms with Crippen LogP contribution in [0.2, 0.25) is 0 Å². The summed E-state index contributed by atoms with van der Waals surface area (Å²) in [6.45, 7) is 7.86. The molecule has 1 aliphatic heterocycles. The molecule has 0 radical (unpaired) electrons. The summed E-state index contributed by atoms with van der Waals surface area (Å²) in [4.78, 5) is 0.534. The standard InChI is InChI=1S/C14H22BNO4S.C8H10BrNO2S/c1-13(2)14(3,4)20-15(19-13)11-8-7-9-12(10-11)21(17,18)16(5)6;1-10(2)13(11,12)8-5-3-4-7(9)6-8/h7-10H,1-6H3;3-6H,1-2H3. The lowest BCUT2D eigenvalue weighted by Crippen LogP contribution is -2.41. The molecule has 0 atom stereocenters. The van der Waals surface area contributed by atoms with Gasteiger partial charge < -0.3 is 9.31 Å². The van der Waals surface area contributed by atoms with Crippen LogP contribution in [-0.4, -0.2) is 72.0 Å². The third-order valence-electron chi connectivity index (χ3n) is 5.74. The van der Waals surface area contributed by atoms with E-state index in [1.807, 2.05) is 33.8 Å². The molecular formula is C22H32BBrN2O6S2. The molecule has 0 bridgehead atoms. The van der Waals surface area contributed by atoms with Gasteiger partial charge in [0, 0.05) is 32.7 Å². The molecule has 0 aliphatic carbocycles. The normalized spacial score (nSPS) is 17.6. The molecule has 8 nitrogen and oxygen atoms in total. The van der Waals surface area contributed by atoms with Gasteiger partial charge in [0.2, 0.25) is 20.0 Å². The second kappa shape index (κ2) is 10.4. The van der Waals surface area contributed by atoms with E-state index >= 15 is 0 Å². The van der Waals surface area contributed by atoms with Crippen molar-refractivity contribution >= 4 is 48.6 Å². The van der Waals surface area contributed by atoms with Gasteiger partial charge >= 0.3 is 7.12 Å². The van der Waals surface area contributed by atoms with Gasteiger partial charge in [-0.3, -0.25) is 0 Å². The van der Waals surface area contributed by atoms with Gasteiger partial charge in [-0.2, -0.15) is 0 Å². The Labute approximate surface area is 212 Å². The quantitative estimate of drug-likeness (QED) is 0.510. The second-order valence-corrected chi connectivity index (χ2v) is 14.4. The van der Waals surface area contributed by atoms with Gasteiger partial charge in [-0.1, -0.05) is 34.1 Å². The maximum Gasteiger partial charge on any atom is 0.494 e. The lowest BCUT2D eigenvalue weighted by atomic mass is 9.79. The average molecular weight is 575 g/mol. The SMILES string of the molecule is CN(C)S(=O)(=O)c1cccc(B2OC(C)(C)C(C)(C)O2)c1.CN(C)S(=O)(=O)c1cccc(Br)c1. The monoisotopic (exact) mass is 574 g/mol. The average Bonchev–Trinajstić information content (AvgIpc) is 2.95. The fourth-order valence-corrected chi connectivity index (χ4v) is 5.31. The van der Waals surface area contributed by atoms with Crippen LogP contribution < -0.4 is 5.46 Å². The van der Waals surface area contributed by atoms with Crippen LogP contribution in [0.5, 0.6) is 0 Å². The smallest absolute Gasteiger partial charge is 0.399 e. The summed E-state index contributed by atoms with van der Waals surface area (Å²) in [6.07, 6.45) is 0. The summed E-state index contributed by atoms with van der Waals surface area (Å²) < 4.78 is 62.6. The van der Waals surface area contributed by atoms with E-state index in [0.29, 0.717) is 10.4 Å². The van der Waals surface area contributed by atoms with E-state index in [1.54, 1.807) is 42.5 Å². The lowest BCUT2D eigenvalue weighted by molar-refractivity contribution is 0.00578. The molecule has 34 heavy (non-hydrogen) atoms. The summed E-state index contributed by atoms with van der Waals surface area (Å²) in [7, 11) is -1.28. The Kier molecular flexibility index (Phi) is 8.84. The lowest BCUT2D eigenvalue weighted by Gasteiger charge is -2.32. The Morgan fingerprint density at radius 1 is 0.735 bits per heavy atom.